The fraction of sp³-hybridized carbons (Fsp3) is 0.529. The van der Waals surface area contributed by atoms with E-state index >= 15 is 0 Å². The predicted molar refractivity (Wildman–Crippen MR) is 83.1 cm³/mol. The van der Waals surface area contributed by atoms with Gasteiger partial charge in [-0.3, -0.25) is 4.98 Å². The Labute approximate surface area is 126 Å². The summed E-state index contributed by atoms with van der Waals surface area (Å²) in [7, 11) is 0. The van der Waals surface area contributed by atoms with Crippen LogP contribution in [0, 0.1) is 0 Å². The molecule has 1 saturated heterocycles. The van der Waals surface area contributed by atoms with Crippen LogP contribution < -0.4 is 5.32 Å². The molecule has 4 nitrogen and oxygen atoms in total. The van der Waals surface area contributed by atoms with E-state index in [0.717, 1.165) is 25.9 Å². The predicted octanol–water partition coefficient (Wildman–Crippen LogP) is 3.08. The van der Waals surface area contributed by atoms with Gasteiger partial charge < -0.3 is 10.2 Å². The molecule has 112 valence electrons. The summed E-state index contributed by atoms with van der Waals surface area (Å²) >= 11 is 0. The Morgan fingerprint density at radius 3 is 2.76 bits per heavy atom. The lowest BCUT2D eigenvalue weighted by Gasteiger charge is -2.40. The molecule has 0 spiro atoms. The van der Waals surface area contributed by atoms with E-state index in [1.165, 1.54) is 24.0 Å². The van der Waals surface area contributed by atoms with Gasteiger partial charge >= 0.3 is 6.03 Å². The van der Waals surface area contributed by atoms with Gasteiger partial charge in [-0.15, -0.1) is 0 Å². The highest BCUT2D eigenvalue weighted by Gasteiger charge is 2.32. The van der Waals surface area contributed by atoms with Crippen LogP contribution in [0.3, 0.4) is 0 Å². The molecule has 4 heteroatoms. The minimum Gasteiger partial charge on any atom is -0.332 e. The summed E-state index contributed by atoms with van der Waals surface area (Å²) in [5.74, 6) is 0.461. The number of hydrogen-bond donors (Lipinski definition) is 1. The molecule has 2 amide bonds. The van der Waals surface area contributed by atoms with Gasteiger partial charge in [0.2, 0.25) is 0 Å². The van der Waals surface area contributed by atoms with Crippen LogP contribution in [0.15, 0.2) is 36.2 Å². The summed E-state index contributed by atoms with van der Waals surface area (Å²) < 4.78 is 0. The monoisotopic (exact) mass is 285 g/mol. The molecule has 3 rings (SSSR count). The first-order valence-corrected chi connectivity index (χ1v) is 7.88. The lowest BCUT2D eigenvalue weighted by molar-refractivity contribution is 0.149. The lowest BCUT2D eigenvalue weighted by Crippen LogP contribution is -2.54. The normalized spacial score (nSPS) is 20.4. The molecule has 0 saturated carbocycles. The first kappa shape index (κ1) is 14.1. The fourth-order valence-electron chi connectivity index (χ4n) is 3.12. The van der Waals surface area contributed by atoms with Crippen LogP contribution in [0.5, 0.6) is 0 Å². The van der Waals surface area contributed by atoms with Crippen molar-refractivity contribution in [3.05, 3.63) is 41.7 Å². The van der Waals surface area contributed by atoms with Crippen molar-refractivity contribution in [1.82, 2.24) is 15.2 Å². The van der Waals surface area contributed by atoms with Crippen LogP contribution in [-0.4, -0.2) is 35.0 Å². The van der Waals surface area contributed by atoms with Crippen LogP contribution in [-0.2, 0) is 0 Å². The number of urea groups is 1. The first-order valence-electron chi connectivity index (χ1n) is 7.88. The van der Waals surface area contributed by atoms with Crippen molar-refractivity contribution in [3.8, 4) is 0 Å². The number of allylic oxidation sites excluding steroid dienone is 1. The number of hydrogen-bond acceptors (Lipinski definition) is 2. The molecule has 1 N–H and O–H groups in total. The molecule has 1 atom stereocenters. The van der Waals surface area contributed by atoms with Crippen LogP contribution in [0.4, 0.5) is 4.79 Å². The van der Waals surface area contributed by atoms with E-state index in [1.807, 2.05) is 29.4 Å². The van der Waals surface area contributed by atoms with E-state index in [2.05, 4.69) is 23.3 Å². The SMILES string of the molecule is C[C@@H](NC(=O)N1CC(c2ccncc2)C1)C1=CCCCC1. The smallest absolute Gasteiger partial charge is 0.317 e. The van der Waals surface area contributed by atoms with E-state index in [9.17, 15) is 4.79 Å². The largest absolute Gasteiger partial charge is 0.332 e. The van der Waals surface area contributed by atoms with Gasteiger partial charge in [0.05, 0.1) is 0 Å². The van der Waals surface area contributed by atoms with Gasteiger partial charge in [0, 0.05) is 37.4 Å². The van der Waals surface area contributed by atoms with Crippen molar-refractivity contribution in [1.29, 1.82) is 0 Å². The zero-order valence-corrected chi connectivity index (χ0v) is 12.6. The van der Waals surface area contributed by atoms with Crippen LogP contribution in [0.25, 0.3) is 0 Å². The van der Waals surface area contributed by atoms with E-state index in [1.54, 1.807) is 0 Å². The van der Waals surface area contributed by atoms with Gasteiger partial charge in [-0.2, -0.15) is 0 Å². The highest BCUT2D eigenvalue weighted by Crippen LogP contribution is 2.27. The number of carbonyl (C=O) groups is 1. The number of amides is 2. The Bertz CT molecular complexity index is 520. The highest BCUT2D eigenvalue weighted by atomic mass is 16.2. The number of carbonyl (C=O) groups excluding carboxylic acids is 1. The summed E-state index contributed by atoms with van der Waals surface area (Å²) in [6.07, 6.45) is 10.7. The molecule has 0 unspecified atom stereocenters. The van der Waals surface area contributed by atoms with Gasteiger partial charge in [-0.05, 0) is 50.3 Å². The molecule has 0 radical (unpaired) electrons. The maximum atomic E-state index is 12.2. The summed E-state index contributed by atoms with van der Waals surface area (Å²) in [6.45, 7) is 3.71. The average molecular weight is 285 g/mol. The molecule has 1 aliphatic heterocycles. The van der Waals surface area contributed by atoms with Crippen LogP contribution in [0.1, 0.15) is 44.1 Å². The number of aromatic nitrogens is 1. The third kappa shape index (κ3) is 3.26. The molecule has 0 aromatic carbocycles. The highest BCUT2D eigenvalue weighted by molar-refractivity contribution is 5.76. The molecule has 21 heavy (non-hydrogen) atoms. The van der Waals surface area contributed by atoms with Gasteiger partial charge in [0.15, 0.2) is 0 Å². The van der Waals surface area contributed by atoms with Crippen molar-refractivity contribution in [3.63, 3.8) is 0 Å². The molecular weight excluding hydrogens is 262 g/mol. The molecule has 1 fully saturated rings. The lowest BCUT2D eigenvalue weighted by atomic mass is 9.92. The van der Waals surface area contributed by atoms with E-state index in [0.29, 0.717) is 5.92 Å². The van der Waals surface area contributed by atoms with Gasteiger partial charge in [0.25, 0.3) is 0 Å². The zero-order valence-electron chi connectivity index (χ0n) is 12.6. The third-order valence-corrected chi connectivity index (χ3v) is 4.57. The number of pyridine rings is 1. The quantitative estimate of drug-likeness (QED) is 0.867. The zero-order chi connectivity index (χ0) is 14.7. The van der Waals surface area contributed by atoms with Crippen molar-refractivity contribution >= 4 is 6.03 Å². The Kier molecular flexibility index (Phi) is 4.23. The van der Waals surface area contributed by atoms with Crippen LogP contribution >= 0.6 is 0 Å². The number of rotatable bonds is 3. The van der Waals surface area contributed by atoms with Crippen molar-refractivity contribution < 1.29 is 4.79 Å². The maximum Gasteiger partial charge on any atom is 0.317 e. The van der Waals surface area contributed by atoms with Crippen LogP contribution in [0.2, 0.25) is 0 Å². The fourth-order valence-corrected chi connectivity index (χ4v) is 3.12. The Morgan fingerprint density at radius 1 is 1.33 bits per heavy atom. The van der Waals surface area contributed by atoms with Gasteiger partial charge in [-0.1, -0.05) is 11.6 Å². The number of nitrogens with one attached hydrogen (secondary N) is 1. The average Bonchev–Trinajstić information content (AvgIpc) is 2.47. The summed E-state index contributed by atoms with van der Waals surface area (Å²) in [4.78, 5) is 18.2. The second-order valence-corrected chi connectivity index (χ2v) is 6.08. The summed E-state index contributed by atoms with van der Waals surface area (Å²) in [5.41, 5.74) is 2.66. The minimum atomic E-state index is 0.0688. The molecule has 1 aromatic heterocycles. The Morgan fingerprint density at radius 2 is 2.10 bits per heavy atom. The standard InChI is InChI=1S/C17H23N3O/c1-13(14-5-3-2-4-6-14)19-17(21)20-11-16(12-20)15-7-9-18-10-8-15/h5,7-10,13,16H,2-4,6,11-12H2,1H3,(H,19,21)/t13-/m1/s1. The molecule has 1 aromatic rings. The van der Waals surface area contributed by atoms with Crippen molar-refractivity contribution in [2.75, 3.05) is 13.1 Å². The second kappa shape index (κ2) is 6.29. The van der Waals surface area contributed by atoms with Gasteiger partial charge in [-0.25, -0.2) is 4.79 Å². The van der Waals surface area contributed by atoms with E-state index < -0.39 is 0 Å². The van der Waals surface area contributed by atoms with Crippen molar-refractivity contribution in [2.45, 2.75) is 44.6 Å². The van der Waals surface area contributed by atoms with E-state index in [-0.39, 0.29) is 12.1 Å². The molecule has 1 aliphatic carbocycles. The first-order chi connectivity index (χ1) is 10.2. The summed E-state index contributed by atoms with van der Waals surface area (Å²) in [5, 5.41) is 3.13. The molecule has 2 heterocycles. The molecule has 2 aliphatic rings. The molecular formula is C17H23N3O. The van der Waals surface area contributed by atoms with E-state index in [4.69, 9.17) is 0 Å². The number of nitrogens with zero attached hydrogens (tertiary/aromatic N) is 2. The van der Waals surface area contributed by atoms with Gasteiger partial charge in [0.1, 0.15) is 0 Å². The Hall–Kier alpha value is -1.84. The minimum absolute atomic E-state index is 0.0688. The maximum absolute atomic E-state index is 12.2. The third-order valence-electron chi connectivity index (χ3n) is 4.57. The number of likely N-dealkylation sites (tertiary alicyclic amines) is 1. The van der Waals surface area contributed by atoms with Crippen molar-refractivity contribution in [2.24, 2.45) is 0 Å². The Balaban J connectivity index is 1.48. The summed E-state index contributed by atoms with van der Waals surface area (Å²) in [6, 6.07) is 4.31. The molecule has 0 bridgehead atoms. The topological polar surface area (TPSA) is 45.2 Å². The second-order valence-electron chi connectivity index (χ2n) is 6.08.